The highest BCUT2D eigenvalue weighted by Crippen LogP contribution is 2.08. The van der Waals surface area contributed by atoms with E-state index in [1.807, 2.05) is 6.92 Å². The van der Waals surface area contributed by atoms with Crippen LogP contribution in [-0.4, -0.2) is 33.2 Å². The van der Waals surface area contributed by atoms with Crippen molar-refractivity contribution in [3.63, 3.8) is 0 Å². The van der Waals surface area contributed by atoms with Crippen molar-refractivity contribution >= 4 is 15.9 Å². The minimum atomic E-state index is -3.28. The molecule has 7 heteroatoms. The van der Waals surface area contributed by atoms with Gasteiger partial charge in [-0.2, -0.15) is 0 Å². The number of hydrogen-bond acceptors (Lipinski definition) is 3. The van der Waals surface area contributed by atoms with E-state index in [2.05, 4.69) is 10.0 Å². The van der Waals surface area contributed by atoms with Crippen LogP contribution in [0.4, 0.5) is 4.39 Å². The van der Waals surface area contributed by atoms with Gasteiger partial charge in [-0.05, 0) is 31.0 Å². The molecule has 0 unspecified atom stereocenters. The number of aryl methyl sites for hydroxylation is 1. The monoisotopic (exact) mass is 316 g/mol. The minimum absolute atomic E-state index is 0.0839. The lowest BCUT2D eigenvalue weighted by molar-refractivity contribution is 0.0954. The second kappa shape index (κ2) is 8.09. The maximum Gasteiger partial charge on any atom is 0.251 e. The SMILES string of the molecule is CCCCS(=O)(=O)NCCNC(=O)c1ccc(C)c(F)c1. The first kappa shape index (κ1) is 17.6. The van der Waals surface area contributed by atoms with E-state index < -0.39 is 21.7 Å². The van der Waals surface area contributed by atoms with Crippen molar-refractivity contribution in [3.05, 3.63) is 35.1 Å². The van der Waals surface area contributed by atoms with Gasteiger partial charge in [0, 0.05) is 18.7 Å². The van der Waals surface area contributed by atoms with Crippen LogP contribution < -0.4 is 10.0 Å². The van der Waals surface area contributed by atoms with E-state index in [0.717, 1.165) is 12.5 Å². The van der Waals surface area contributed by atoms with Gasteiger partial charge in [-0.1, -0.05) is 19.4 Å². The molecule has 0 atom stereocenters. The largest absolute Gasteiger partial charge is 0.351 e. The van der Waals surface area contributed by atoms with Crippen molar-refractivity contribution in [2.24, 2.45) is 0 Å². The molecule has 1 aromatic rings. The summed E-state index contributed by atoms with van der Waals surface area (Å²) in [6, 6.07) is 4.22. The van der Waals surface area contributed by atoms with Crippen LogP contribution in [0.3, 0.4) is 0 Å². The number of benzene rings is 1. The molecule has 0 spiro atoms. The van der Waals surface area contributed by atoms with Crippen molar-refractivity contribution in [2.75, 3.05) is 18.8 Å². The highest BCUT2D eigenvalue weighted by atomic mass is 32.2. The molecular weight excluding hydrogens is 295 g/mol. The van der Waals surface area contributed by atoms with Crippen LogP contribution in [0.1, 0.15) is 35.7 Å². The van der Waals surface area contributed by atoms with Gasteiger partial charge in [0.05, 0.1) is 5.75 Å². The normalized spacial score (nSPS) is 11.4. The molecular formula is C14H21FN2O3S. The molecule has 0 aliphatic rings. The summed E-state index contributed by atoms with van der Waals surface area (Å²) < 4.78 is 38.8. The summed E-state index contributed by atoms with van der Waals surface area (Å²) in [4.78, 5) is 11.7. The Labute approximate surface area is 125 Å². The summed E-state index contributed by atoms with van der Waals surface area (Å²) >= 11 is 0. The summed E-state index contributed by atoms with van der Waals surface area (Å²) in [6.45, 7) is 3.80. The fraction of sp³-hybridized carbons (Fsp3) is 0.500. The van der Waals surface area contributed by atoms with Crippen LogP contribution >= 0.6 is 0 Å². The molecule has 118 valence electrons. The second-order valence-electron chi connectivity index (χ2n) is 4.79. The number of sulfonamides is 1. The van der Waals surface area contributed by atoms with Gasteiger partial charge in [-0.15, -0.1) is 0 Å². The van der Waals surface area contributed by atoms with Crippen molar-refractivity contribution < 1.29 is 17.6 Å². The lowest BCUT2D eigenvalue weighted by Gasteiger charge is -2.08. The predicted octanol–water partition coefficient (Wildman–Crippen LogP) is 1.58. The third kappa shape index (κ3) is 6.22. The fourth-order valence-electron chi connectivity index (χ4n) is 1.63. The van der Waals surface area contributed by atoms with Gasteiger partial charge in [0.2, 0.25) is 10.0 Å². The van der Waals surface area contributed by atoms with E-state index >= 15 is 0 Å². The van der Waals surface area contributed by atoms with E-state index in [1.165, 1.54) is 12.1 Å². The van der Waals surface area contributed by atoms with Crippen LogP contribution in [0.5, 0.6) is 0 Å². The lowest BCUT2D eigenvalue weighted by atomic mass is 10.1. The third-order valence-electron chi connectivity index (χ3n) is 2.93. The Morgan fingerprint density at radius 1 is 1.29 bits per heavy atom. The van der Waals surface area contributed by atoms with Crippen LogP contribution in [0.25, 0.3) is 0 Å². The van der Waals surface area contributed by atoms with Crippen LogP contribution in [0.15, 0.2) is 18.2 Å². The molecule has 1 rings (SSSR count). The van der Waals surface area contributed by atoms with Gasteiger partial charge >= 0.3 is 0 Å². The molecule has 0 saturated heterocycles. The zero-order valence-corrected chi connectivity index (χ0v) is 13.1. The summed E-state index contributed by atoms with van der Waals surface area (Å²) in [5.74, 6) is -0.787. The Kier molecular flexibility index (Phi) is 6.77. The Morgan fingerprint density at radius 2 is 2.00 bits per heavy atom. The Balaban J connectivity index is 2.38. The number of amides is 1. The molecule has 1 aromatic carbocycles. The van der Waals surface area contributed by atoms with E-state index in [-0.39, 0.29) is 24.4 Å². The van der Waals surface area contributed by atoms with Crippen molar-refractivity contribution in [1.82, 2.24) is 10.0 Å². The lowest BCUT2D eigenvalue weighted by Crippen LogP contribution is -2.35. The molecule has 0 radical (unpaired) electrons. The minimum Gasteiger partial charge on any atom is -0.351 e. The third-order valence-corrected chi connectivity index (χ3v) is 4.40. The Morgan fingerprint density at radius 3 is 2.62 bits per heavy atom. The maximum absolute atomic E-state index is 13.3. The molecule has 0 heterocycles. The number of halogens is 1. The van der Waals surface area contributed by atoms with Crippen LogP contribution in [0.2, 0.25) is 0 Å². The number of nitrogens with one attached hydrogen (secondary N) is 2. The molecule has 2 N–H and O–H groups in total. The number of carbonyl (C=O) groups is 1. The predicted molar refractivity (Wildman–Crippen MR) is 80.2 cm³/mol. The molecule has 1 amide bonds. The highest BCUT2D eigenvalue weighted by Gasteiger charge is 2.10. The first-order valence-corrected chi connectivity index (χ1v) is 8.52. The number of unbranched alkanes of at least 4 members (excludes halogenated alkanes) is 1. The van der Waals surface area contributed by atoms with E-state index in [9.17, 15) is 17.6 Å². The maximum atomic E-state index is 13.3. The molecule has 0 aromatic heterocycles. The topological polar surface area (TPSA) is 75.3 Å². The Bertz CT molecular complexity index is 588. The highest BCUT2D eigenvalue weighted by molar-refractivity contribution is 7.89. The van der Waals surface area contributed by atoms with Gasteiger partial charge in [0.15, 0.2) is 0 Å². The van der Waals surface area contributed by atoms with Gasteiger partial charge < -0.3 is 5.32 Å². The molecule has 0 fully saturated rings. The first-order chi connectivity index (χ1) is 9.85. The molecule has 0 saturated carbocycles. The molecule has 5 nitrogen and oxygen atoms in total. The van der Waals surface area contributed by atoms with E-state index in [1.54, 1.807) is 6.92 Å². The summed E-state index contributed by atoms with van der Waals surface area (Å²) in [7, 11) is -3.28. The quantitative estimate of drug-likeness (QED) is 0.715. The molecule has 21 heavy (non-hydrogen) atoms. The summed E-state index contributed by atoms with van der Waals surface area (Å²) in [5, 5.41) is 2.54. The Hall–Kier alpha value is -1.47. The van der Waals surface area contributed by atoms with Gasteiger partial charge in [-0.25, -0.2) is 17.5 Å². The summed E-state index contributed by atoms with van der Waals surface area (Å²) in [6.07, 6.45) is 1.40. The van der Waals surface area contributed by atoms with E-state index in [0.29, 0.717) is 12.0 Å². The van der Waals surface area contributed by atoms with Gasteiger partial charge in [0.25, 0.3) is 5.91 Å². The number of rotatable bonds is 8. The smallest absolute Gasteiger partial charge is 0.251 e. The number of carbonyl (C=O) groups excluding carboxylic acids is 1. The molecule has 0 aliphatic carbocycles. The first-order valence-electron chi connectivity index (χ1n) is 6.87. The van der Waals surface area contributed by atoms with Gasteiger partial charge in [-0.3, -0.25) is 4.79 Å². The van der Waals surface area contributed by atoms with Crippen molar-refractivity contribution in [1.29, 1.82) is 0 Å². The number of hydrogen-bond donors (Lipinski definition) is 2. The average molecular weight is 316 g/mol. The molecule has 0 bridgehead atoms. The van der Waals surface area contributed by atoms with Crippen molar-refractivity contribution in [2.45, 2.75) is 26.7 Å². The van der Waals surface area contributed by atoms with Crippen LogP contribution in [-0.2, 0) is 10.0 Å². The second-order valence-corrected chi connectivity index (χ2v) is 6.71. The average Bonchev–Trinajstić information content (AvgIpc) is 2.44. The zero-order chi connectivity index (χ0) is 15.9. The van der Waals surface area contributed by atoms with Crippen molar-refractivity contribution in [3.8, 4) is 0 Å². The van der Waals surface area contributed by atoms with Gasteiger partial charge in [0.1, 0.15) is 5.82 Å². The molecule has 0 aliphatic heterocycles. The van der Waals surface area contributed by atoms with Crippen LogP contribution in [0, 0.1) is 12.7 Å². The standard InChI is InChI=1S/C14H21FN2O3S/c1-3-4-9-21(19,20)17-8-7-16-14(18)12-6-5-11(2)13(15)10-12/h5-6,10,17H,3-4,7-9H2,1-2H3,(H,16,18). The van der Waals surface area contributed by atoms with E-state index in [4.69, 9.17) is 0 Å². The summed E-state index contributed by atoms with van der Waals surface area (Å²) in [5.41, 5.74) is 0.683. The zero-order valence-electron chi connectivity index (χ0n) is 12.3. The fourth-order valence-corrected chi connectivity index (χ4v) is 2.85.